The maximum absolute atomic E-state index is 11.5. The first-order chi connectivity index (χ1) is 11.9. The third-order valence-corrected chi connectivity index (χ3v) is 5.69. The van der Waals surface area contributed by atoms with Crippen molar-refractivity contribution in [3.63, 3.8) is 0 Å². The topological polar surface area (TPSA) is 76.7 Å². The Morgan fingerprint density at radius 2 is 2.12 bits per heavy atom. The van der Waals surface area contributed by atoms with Gasteiger partial charge >= 0.3 is 5.97 Å². The van der Waals surface area contributed by atoms with Gasteiger partial charge in [-0.15, -0.1) is 0 Å². The molecule has 3 rings (SSSR count). The van der Waals surface area contributed by atoms with E-state index in [4.69, 9.17) is 9.47 Å². The molecule has 0 radical (unpaired) electrons. The van der Waals surface area contributed by atoms with Gasteiger partial charge in [-0.25, -0.2) is 4.98 Å². The molecule has 0 amide bonds. The number of H-pyrrole nitrogens is 1. The van der Waals surface area contributed by atoms with Crippen molar-refractivity contribution < 1.29 is 19.3 Å². The minimum absolute atomic E-state index is 0.180. The summed E-state index contributed by atoms with van der Waals surface area (Å²) in [7, 11) is 1.38. The van der Waals surface area contributed by atoms with Crippen molar-refractivity contribution in [1.29, 1.82) is 5.26 Å². The minimum atomic E-state index is -0.300. The van der Waals surface area contributed by atoms with Gasteiger partial charge in [-0.1, -0.05) is 11.8 Å². The first-order valence-electron chi connectivity index (χ1n) is 8.55. The number of ether oxygens (including phenoxy) is 2. The molecular weight excluding hydrogens is 338 g/mol. The van der Waals surface area contributed by atoms with Gasteiger partial charge in [-0.3, -0.25) is 9.69 Å². The second-order valence-corrected chi connectivity index (χ2v) is 8.02. The molecule has 2 aliphatic heterocycles. The number of nitrogens with one attached hydrogen (secondary N) is 1. The van der Waals surface area contributed by atoms with E-state index in [2.05, 4.69) is 16.0 Å². The lowest BCUT2D eigenvalue weighted by Crippen LogP contribution is -2.37. The summed E-state index contributed by atoms with van der Waals surface area (Å²) in [6, 6.07) is 2.34. The summed E-state index contributed by atoms with van der Waals surface area (Å²) in [5, 5.41) is 10.5. The summed E-state index contributed by atoms with van der Waals surface area (Å²) in [6.45, 7) is 6.59. The molecule has 3 heterocycles. The molecule has 0 saturated carbocycles. The number of esters is 1. The summed E-state index contributed by atoms with van der Waals surface area (Å²) in [5.74, 6) is 0.917. The number of hydrogen-bond donors (Lipinski definition) is 0. The summed E-state index contributed by atoms with van der Waals surface area (Å²) < 4.78 is 10.7. The summed E-state index contributed by atoms with van der Waals surface area (Å²) >= 11 is 1.33. The Morgan fingerprint density at radius 1 is 1.40 bits per heavy atom. The highest BCUT2D eigenvalue weighted by atomic mass is 32.2. The molecule has 0 aromatic carbocycles. The van der Waals surface area contributed by atoms with Gasteiger partial charge in [0.15, 0.2) is 5.03 Å². The molecule has 7 heteroatoms. The van der Waals surface area contributed by atoms with Crippen molar-refractivity contribution in [2.24, 2.45) is 0 Å². The zero-order valence-electron chi connectivity index (χ0n) is 15.0. The van der Waals surface area contributed by atoms with Crippen LogP contribution in [0.5, 0.6) is 0 Å². The molecule has 1 aromatic rings. The van der Waals surface area contributed by atoms with E-state index < -0.39 is 0 Å². The molecule has 1 N–H and O–H groups in total. The molecule has 1 saturated heterocycles. The minimum Gasteiger partial charge on any atom is -0.468 e. The van der Waals surface area contributed by atoms with Gasteiger partial charge in [0.1, 0.15) is 11.6 Å². The van der Waals surface area contributed by atoms with E-state index in [1.807, 2.05) is 13.8 Å². The third kappa shape index (κ3) is 3.75. The van der Waals surface area contributed by atoms with E-state index in [9.17, 15) is 10.1 Å². The van der Waals surface area contributed by atoms with Gasteiger partial charge in [0.25, 0.3) is 5.82 Å². The number of fused-ring (bicyclic) bond motifs is 1. The van der Waals surface area contributed by atoms with Gasteiger partial charge in [-0.2, -0.15) is 5.26 Å². The molecule has 0 spiro atoms. The SMILES string of the molecule is COC(=O)CSc1[nH+]c(N2CCCC2)c2c(c1C#N)CC(C)(C)OC2. The molecule has 134 valence electrons. The zero-order chi connectivity index (χ0) is 18.0. The van der Waals surface area contributed by atoms with Crippen molar-refractivity contribution >= 4 is 23.5 Å². The highest BCUT2D eigenvalue weighted by molar-refractivity contribution is 7.99. The number of carbonyl (C=O) groups excluding carboxylic acids is 1. The van der Waals surface area contributed by atoms with Crippen LogP contribution in [0.15, 0.2) is 5.03 Å². The van der Waals surface area contributed by atoms with Crippen LogP contribution in [0.4, 0.5) is 5.82 Å². The maximum atomic E-state index is 11.5. The van der Waals surface area contributed by atoms with Crippen molar-refractivity contribution in [2.45, 2.75) is 50.3 Å². The van der Waals surface area contributed by atoms with Crippen molar-refractivity contribution in [3.05, 3.63) is 16.7 Å². The number of carbonyl (C=O) groups is 1. The molecule has 6 nitrogen and oxygen atoms in total. The summed E-state index contributed by atoms with van der Waals surface area (Å²) in [5.41, 5.74) is 2.46. The Balaban J connectivity index is 2.06. The summed E-state index contributed by atoms with van der Waals surface area (Å²) in [6.07, 6.45) is 3.02. The van der Waals surface area contributed by atoms with Gasteiger partial charge in [-0.05, 0) is 32.3 Å². The number of methoxy groups -OCH3 is 1. The Kier molecular flexibility index (Phi) is 5.21. The van der Waals surface area contributed by atoms with Crippen molar-refractivity contribution in [2.75, 3.05) is 30.9 Å². The van der Waals surface area contributed by atoms with Crippen LogP contribution in [0.25, 0.3) is 0 Å². The Morgan fingerprint density at radius 3 is 2.76 bits per heavy atom. The lowest BCUT2D eigenvalue weighted by molar-refractivity contribution is -0.414. The normalized spacial score (nSPS) is 18.6. The number of aromatic nitrogens is 1. The van der Waals surface area contributed by atoms with Crippen LogP contribution in [0.1, 0.15) is 43.4 Å². The number of aromatic amines is 1. The van der Waals surface area contributed by atoms with Crippen LogP contribution < -0.4 is 9.88 Å². The van der Waals surface area contributed by atoms with E-state index in [1.54, 1.807) is 0 Å². The molecular formula is C18H24N3O3S+. The first-order valence-corrected chi connectivity index (χ1v) is 9.53. The lowest BCUT2D eigenvalue weighted by Gasteiger charge is -2.33. The van der Waals surface area contributed by atoms with Gasteiger partial charge in [0.05, 0.1) is 43.7 Å². The van der Waals surface area contributed by atoms with Gasteiger partial charge < -0.3 is 9.47 Å². The van der Waals surface area contributed by atoms with Crippen molar-refractivity contribution in [3.8, 4) is 6.07 Å². The van der Waals surface area contributed by atoms with Crippen LogP contribution in [-0.4, -0.2) is 37.5 Å². The number of anilines is 1. The Bertz CT molecular complexity index is 721. The molecule has 1 fully saturated rings. The predicted octanol–water partition coefficient (Wildman–Crippen LogP) is 2.09. The molecule has 1 aromatic heterocycles. The van der Waals surface area contributed by atoms with E-state index in [0.717, 1.165) is 35.1 Å². The number of hydrogen-bond acceptors (Lipinski definition) is 6. The molecule has 0 aliphatic carbocycles. The number of nitrogens with zero attached hydrogens (tertiary/aromatic N) is 2. The number of thioether (sulfide) groups is 1. The van der Waals surface area contributed by atoms with Crippen LogP contribution in [0.3, 0.4) is 0 Å². The van der Waals surface area contributed by atoms with E-state index >= 15 is 0 Å². The highest BCUT2D eigenvalue weighted by Gasteiger charge is 2.36. The smallest absolute Gasteiger partial charge is 0.316 e. The molecule has 25 heavy (non-hydrogen) atoms. The maximum Gasteiger partial charge on any atom is 0.316 e. The van der Waals surface area contributed by atoms with Crippen LogP contribution in [0.2, 0.25) is 0 Å². The number of pyridine rings is 1. The van der Waals surface area contributed by atoms with Crippen LogP contribution in [-0.2, 0) is 27.3 Å². The number of nitriles is 1. The predicted molar refractivity (Wildman–Crippen MR) is 94.5 cm³/mol. The quantitative estimate of drug-likeness (QED) is 0.603. The molecule has 2 aliphatic rings. The van der Waals surface area contributed by atoms with Crippen LogP contribution >= 0.6 is 11.8 Å². The second kappa shape index (κ2) is 7.22. The second-order valence-electron chi connectivity index (χ2n) is 7.03. The fourth-order valence-corrected chi connectivity index (χ4v) is 4.26. The molecule has 0 unspecified atom stereocenters. The van der Waals surface area contributed by atoms with Crippen LogP contribution in [0, 0.1) is 11.3 Å². The zero-order valence-corrected chi connectivity index (χ0v) is 15.8. The van der Waals surface area contributed by atoms with E-state index in [1.165, 1.54) is 31.7 Å². The average Bonchev–Trinajstić information content (AvgIpc) is 3.12. The summed E-state index contributed by atoms with van der Waals surface area (Å²) in [4.78, 5) is 17.3. The highest BCUT2D eigenvalue weighted by Crippen LogP contribution is 2.37. The Labute approximate surface area is 152 Å². The number of rotatable bonds is 4. The molecule has 0 bridgehead atoms. The van der Waals surface area contributed by atoms with Gasteiger partial charge in [0.2, 0.25) is 0 Å². The standard InChI is InChI=1S/C18H23N3O3S/c1-18(2)8-12-13(9-19)17(25-11-15(22)23-3)20-16(14(12)10-24-18)21-6-4-5-7-21/h4-8,10-11H2,1-3H3/p+1. The monoisotopic (exact) mass is 362 g/mol. The van der Waals surface area contributed by atoms with E-state index in [-0.39, 0.29) is 17.3 Å². The average molecular weight is 362 g/mol. The Hall–Kier alpha value is -1.78. The fraction of sp³-hybridized carbons (Fsp3) is 0.611. The largest absolute Gasteiger partial charge is 0.468 e. The molecule has 0 atom stereocenters. The van der Waals surface area contributed by atoms with Gasteiger partial charge in [0, 0.05) is 6.42 Å². The fourth-order valence-electron chi connectivity index (χ4n) is 3.40. The first kappa shape index (κ1) is 18.0. The third-order valence-electron chi connectivity index (χ3n) is 4.72. The van der Waals surface area contributed by atoms with Crippen molar-refractivity contribution in [1.82, 2.24) is 0 Å². The van der Waals surface area contributed by atoms with E-state index in [0.29, 0.717) is 18.6 Å². The lowest BCUT2D eigenvalue weighted by atomic mass is 9.89.